The average Bonchev–Trinajstić information content (AvgIpc) is 2.99. The Morgan fingerprint density at radius 2 is 2.00 bits per heavy atom. The summed E-state index contributed by atoms with van der Waals surface area (Å²) >= 11 is 0.829. The van der Waals surface area contributed by atoms with Crippen LogP contribution in [-0.2, 0) is 16.4 Å². The standard InChI is InChI=1S/C14H16N2O4S2/c1-2-16(9-8-11-6-4-3-5-7-11)22(19,20)14-12(13(17)18)15-10-21-14/h3-7,10H,2,8-9H2,1H3,(H,17,18). The molecule has 1 N–H and O–H groups in total. The zero-order chi connectivity index (χ0) is 16.2. The lowest BCUT2D eigenvalue weighted by atomic mass is 10.1. The topological polar surface area (TPSA) is 87.6 Å². The predicted molar refractivity (Wildman–Crippen MR) is 83.7 cm³/mol. The normalized spacial score (nSPS) is 11.7. The van der Waals surface area contributed by atoms with Gasteiger partial charge in [-0.2, -0.15) is 4.31 Å². The highest BCUT2D eigenvalue weighted by atomic mass is 32.2. The monoisotopic (exact) mass is 340 g/mol. The van der Waals surface area contributed by atoms with Crippen molar-refractivity contribution in [1.82, 2.24) is 9.29 Å². The van der Waals surface area contributed by atoms with Crippen molar-refractivity contribution in [2.75, 3.05) is 13.1 Å². The lowest BCUT2D eigenvalue weighted by Crippen LogP contribution is -2.33. The number of carboxylic acid groups (broad SMARTS) is 1. The van der Waals surface area contributed by atoms with E-state index in [9.17, 15) is 13.2 Å². The first-order valence-electron chi connectivity index (χ1n) is 6.67. The van der Waals surface area contributed by atoms with E-state index in [1.54, 1.807) is 6.92 Å². The van der Waals surface area contributed by atoms with Crippen LogP contribution in [0.25, 0.3) is 0 Å². The molecular weight excluding hydrogens is 324 g/mol. The van der Waals surface area contributed by atoms with Crippen LogP contribution in [0.2, 0.25) is 0 Å². The fourth-order valence-corrected chi connectivity index (χ4v) is 4.75. The maximum absolute atomic E-state index is 12.6. The second-order valence-electron chi connectivity index (χ2n) is 4.53. The summed E-state index contributed by atoms with van der Waals surface area (Å²) in [5.74, 6) is -1.33. The van der Waals surface area contributed by atoms with Crippen LogP contribution in [0.15, 0.2) is 40.1 Å². The smallest absolute Gasteiger partial charge is 0.356 e. The average molecular weight is 340 g/mol. The van der Waals surface area contributed by atoms with Gasteiger partial charge in [0.05, 0.1) is 5.51 Å². The Kier molecular flexibility index (Phi) is 5.28. The molecule has 0 radical (unpaired) electrons. The van der Waals surface area contributed by atoms with Crippen LogP contribution in [0.4, 0.5) is 0 Å². The Labute approximate surface area is 133 Å². The number of carboxylic acids is 1. The van der Waals surface area contributed by atoms with Crippen molar-refractivity contribution in [3.63, 3.8) is 0 Å². The number of aromatic nitrogens is 1. The fraction of sp³-hybridized carbons (Fsp3) is 0.286. The molecule has 2 rings (SSSR count). The van der Waals surface area contributed by atoms with Crippen molar-refractivity contribution >= 4 is 27.3 Å². The third-order valence-corrected chi connectivity index (χ3v) is 6.48. The number of hydrogen-bond acceptors (Lipinski definition) is 5. The molecule has 0 fully saturated rings. The zero-order valence-corrected chi connectivity index (χ0v) is 13.6. The molecular formula is C14H16N2O4S2. The lowest BCUT2D eigenvalue weighted by molar-refractivity contribution is 0.0687. The van der Waals surface area contributed by atoms with Crippen molar-refractivity contribution in [2.45, 2.75) is 17.6 Å². The third kappa shape index (κ3) is 3.52. The molecule has 1 aromatic heterocycles. The lowest BCUT2D eigenvalue weighted by Gasteiger charge is -2.19. The Hall–Kier alpha value is -1.77. The number of carbonyl (C=O) groups is 1. The second kappa shape index (κ2) is 6.99. The van der Waals surface area contributed by atoms with Gasteiger partial charge in [0.15, 0.2) is 9.90 Å². The summed E-state index contributed by atoms with van der Waals surface area (Å²) in [6.07, 6.45) is 0.565. The summed E-state index contributed by atoms with van der Waals surface area (Å²) in [6.45, 7) is 2.29. The van der Waals surface area contributed by atoms with Crippen LogP contribution in [-0.4, -0.2) is 41.9 Å². The summed E-state index contributed by atoms with van der Waals surface area (Å²) < 4.78 is 26.3. The first-order valence-corrected chi connectivity index (χ1v) is 8.99. The maximum atomic E-state index is 12.6. The molecule has 1 heterocycles. The number of sulfonamides is 1. The highest BCUT2D eigenvalue weighted by Crippen LogP contribution is 2.24. The molecule has 0 atom stereocenters. The molecule has 1 aromatic carbocycles. The van der Waals surface area contributed by atoms with E-state index in [1.165, 1.54) is 9.82 Å². The minimum absolute atomic E-state index is 0.213. The number of rotatable bonds is 7. The van der Waals surface area contributed by atoms with Gasteiger partial charge in [-0.3, -0.25) is 0 Å². The van der Waals surface area contributed by atoms with E-state index in [0.29, 0.717) is 13.0 Å². The van der Waals surface area contributed by atoms with Crippen LogP contribution in [0.5, 0.6) is 0 Å². The SMILES string of the molecule is CCN(CCc1ccccc1)S(=O)(=O)c1scnc1C(=O)O. The van der Waals surface area contributed by atoms with Gasteiger partial charge in [-0.25, -0.2) is 18.2 Å². The minimum atomic E-state index is -3.85. The van der Waals surface area contributed by atoms with Gasteiger partial charge in [0.25, 0.3) is 10.0 Å². The van der Waals surface area contributed by atoms with Gasteiger partial charge in [0, 0.05) is 13.1 Å². The number of nitrogens with zero attached hydrogens (tertiary/aromatic N) is 2. The van der Waals surface area contributed by atoms with Gasteiger partial charge in [0.1, 0.15) is 0 Å². The van der Waals surface area contributed by atoms with E-state index < -0.39 is 21.7 Å². The van der Waals surface area contributed by atoms with Crippen molar-refractivity contribution < 1.29 is 18.3 Å². The molecule has 118 valence electrons. The molecule has 0 aliphatic rings. The molecule has 0 aliphatic carbocycles. The van der Waals surface area contributed by atoms with E-state index in [-0.39, 0.29) is 10.8 Å². The number of thiazole rings is 1. The van der Waals surface area contributed by atoms with Crippen LogP contribution < -0.4 is 0 Å². The first-order chi connectivity index (χ1) is 10.5. The maximum Gasteiger partial charge on any atom is 0.356 e. The summed E-state index contributed by atoms with van der Waals surface area (Å²) in [5.41, 5.74) is 1.85. The van der Waals surface area contributed by atoms with Crippen LogP contribution in [0.3, 0.4) is 0 Å². The quantitative estimate of drug-likeness (QED) is 0.834. The molecule has 0 saturated heterocycles. The van der Waals surface area contributed by atoms with E-state index in [1.807, 2.05) is 30.3 Å². The molecule has 8 heteroatoms. The summed E-state index contributed by atoms with van der Waals surface area (Å²) in [4.78, 5) is 14.7. The first kappa shape index (κ1) is 16.6. The highest BCUT2D eigenvalue weighted by Gasteiger charge is 2.30. The van der Waals surface area contributed by atoms with Gasteiger partial charge >= 0.3 is 5.97 Å². The van der Waals surface area contributed by atoms with Crippen molar-refractivity contribution in [2.24, 2.45) is 0 Å². The van der Waals surface area contributed by atoms with E-state index >= 15 is 0 Å². The molecule has 6 nitrogen and oxygen atoms in total. The molecule has 0 spiro atoms. The second-order valence-corrected chi connectivity index (χ2v) is 7.51. The summed E-state index contributed by atoms with van der Waals surface area (Å²) in [5, 5.41) is 9.04. The number of likely N-dealkylation sites (N-methyl/N-ethyl adjacent to an activating group) is 1. The molecule has 0 amide bonds. The molecule has 0 saturated carbocycles. The van der Waals surface area contributed by atoms with Crippen LogP contribution in [0.1, 0.15) is 23.0 Å². The summed E-state index contributed by atoms with van der Waals surface area (Å²) in [6, 6.07) is 9.54. The number of benzene rings is 1. The largest absolute Gasteiger partial charge is 0.476 e. The fourth-order valence-electron chi connectivity index (χ4n) is 2.02. The Balaban J connectivity index is 2.22. The van der Waals surface area contributed by atoms with E-state index in [2.05, 4.69) is 4.98 Å². The van der Waals surface area contributed by atoms with Gasteiger partial charge in [0.2, 0.25) is 0 Å². The molecule has 2 aromatic rings. The molecule has 22 heavy (non-hydrogen) atoms. The zero-order valence-electron chi connectivity index (χ0n) is 12.0. The van der Waals surface area contributed by atoms with Crippen molar-refractivity contribution in [1.29, 1.82) is 0 Å². The summed E-state index contributed by atoms with van der Waals surface area (Å²) in [7, 11) is -3.85. The van der Waals surface area contributed by atoms with Crippen LogP contribution >= 0.6 is 11.3 Å². The Morgan fingerprint density at radius 1 is 1.32 bits per heavy atom. The Bertz CT molecular complexity index is 741. The van der Waals surface area contributed by atoms with Gasteiger partial charge in [-0.1, -0.05) is 37.3 Å². The molecule has 0 bridgehead atoms. The number of hydrogen-bond donors (Lipinski definition) is 1. The van der Waals surface area contributed by atoms with Gasteiger partial charge in [-0.05, 0) is 12.0 Å². The number of aromatic carboxylic acids is 1. The molecule has 0 aliphatic heterocycles. The predicted octanol–water partition coefficient (Wildman–Crippen LogP) is 2.09. The van der Waals surface area contributed by atoms with E-state index in [4.69, 9.17) is 5.11 Å². The van der Waals surface area contributed by atoms with Crippen molar-refractivity contribution in [3.05, 3.63) is 47.1 Å². The van der Waals surface area contributed by atoms with E-state index in [0.717, 1.165) is 16.9 Å². The Morgan fingerprint density at radius 3 is 2.59 bits per heavy atom. The minimum Gasteiger partial charge on any atom is -0.476 e. The van der Waals surface area contributed by atoms with Gasteiger partial charge in [-0.15, -0.1) is 11.3 Å². The van der Waals surface area contributed by atoms with Gasteiger partial charge < -0.3 is 5.11 Å². The third-order valence-electron chi connectivity index (χ3n) is 3.16. The van der Waals surface area contributed by atoms with Crippen molar-refractivity contribution in [3.8, 4) is 0 Å². The highest BCUT2D eigenvalue weighted by molar-refractivity contribution is 7.91. The van der Waals surface area contributed by atoms with Crippen LogP contribution in [0, 0.1) is 0 Å². The molecule has 0 unspecified atom stereocenters.